The molecule has 5 nitrogen and oxygen atoms in total. The Bertz CT molecular complexity index is 990. The van der Waals surface area contributed by atoms with E-state index in [-0.39, 0.29) is 23.5 Å². The molecule has 0 fully saturated rings. The maximum atomic E-state index is 13.2. The van der Waals surface area contributed by atoms with Gasteiger partial charge in [-0.3, -0.25) is 9.59 Å². The number of ketones is 1. The average molecular weight is 391 g/mol. The smallest absolute Gasteiger partial charge is 0.225 e. The minimum atomic E-state index is -0.168. The third kappa shape index (κ3) is 3.65. The third-order valence-corrected chi connectivity index (χ3v) is 5.89. The number of carbonyl (C=O) groups is 2. The van der Waals surface area contributed by atoms with Gasteiger partial charge in [0, 0.05) is 30.0 Å². The normalized spacial score (nSPS) is 21.5. The molecule has 0 saturated carbocycles. The largest absolute Gasteiger partial charge is 0.493 e. The number of hydrogen-bond donors (Lipinski definition) is 1. The van der Waals surface area contributed by atoms with Crippen LogP contribution in [0.2, 0.25) is 0 Å². The minimum absolute atomic E-state index is 0.00174. The lowest BCUT2D eigenvalue weighted by molar-refractivity contribution is -0.122. The number of aryl methyl sites for hydroxylation is 1. The van der Waals surface area contributed by atoms with Crippen molar-refractivity contribution in [2.24, 2.45) is 0 Å². The molecule has 0 unspecified atom stereocenters. The Labute approximate surface area is 170 Å². The molecule has 2 aromatic rings. The first-order valence-corrected chi connectivity index (χ1v) is 9.84. The Morgan fingerprint density at radius 2 is 1.55 bits per heavy atom. The highest BCUT2D eigenvalue weighted by Gasteiger charge is 2.38. The average Bonchev–Trinajstić information content (AvgIpc) is 2.72. The van der Waals surface area contributed by atoms with Gasteiger partial charge in [-0.1, -0.05) is 35.9 Å². The van der Waals surface area contributed by atoms with E-state index in [2.05, 4.69) is 5.32 Å². The first-order chi connectivity index (χ1) is 14.0. The van der Waals surface area contributed by atoms with E-state index in [4.69, 9.17) is 9.47 Å². The number of hydrogen-bond acceptors (Lipinski definition) is 4. The van der Waals surface area contributed by atoms with Crippen molar-refractivity contribution in [2.75, 3.05) is 14.2 Å². The highest BCUT2D eigenvalue weighted by Crippen LogP contribution is 2.43. The molecule has 0 bridgehead atoms. The zero-order chi connectivity index (χ0) is 20.5. The molecule has 0 saturated heterocycles. The predicted octanol–water partition coefficient (Wildman–Crippen LogP) is 4.02. The summed E-state index contributed by atoms with van der Waals surface area (Å²) in [6, 6.07) is 13.9. The highest BCUT2D eigenvalue weighted by atomic mass is 16.5. The van der Waals surface area contributed by atoms with Gasteiger partial charge in [-0.25, -0.2) is 0 Å². The van der Waals surface area contributed by atoms with E-state index < -0.39 is 0 Å². The molecule has 1 aliphatic carbocycles. The van der Waals surface area contributed by atoms with E-state index in [9.17, 15) is 9.59 Å². The molecule has 2 atom stereocenters. The van der Waals surface area contributed by atoms with Gasteiger partial charge in [0.15, 0.2) is 17.3 Å². The Morgan fingerprint density at radius 3 is 2.24 bits per heavy atom. The summed E-state index contributed by atoms with van der Waals surface area (Å²) in [5, 5.41) is 2.97. The van der Waals surface area contributed by atoms with Crippen LogP contribution in [0.25, 0.3) is 0 Å². The van der Waals surface area contributed by atoms with Crippen molar-refractivity contribution in [2.45, 2.75) is 38.0 Å². The molecular weight excluding hydrogens is 366 g/mol. The monoisotopic (exact) mass is 391 g/mol. The van der Waals surface area contributed by atoms with Gasteiger partial charge in [0.1, 0.15) is 0 Å². The summed E-state index contributed by atoms with van der Waals surface area (Å²) in [5.74, 6) is 1.20. The number of Topliss-reactive ketones (excluding diaryl/α,β-unsaturated/α-hetero) is 1. The van der Waals surface area contributed by atoms with Crippen LogP contribution in [0.5, 0.6) is 11.5 Å². The Kier molecular flexibility index (Phi) is 5.14. The number of methoxy groups -OCH3 is 2. The van der Waals surface area contributed by atoms with Crippen molar-refractivity contribution in [3.63, 3.8) is 0 Å². The SMILES string of the molecule is COc1ccc([C@H]2CC(=O)C3=C(C2)NC(=O)C[C@@H]3c2ccc(C)cc2)cc1OC. The fraction of sp³-hybridized carbons (Fsp3) is 0.333. The van der Waals surface area contributed by atoms with Crippen LogP contribution < -0.4 is 14.8 Å². The zero-order valence-electron chi connectivity index (χ0n) is 17.0. The standard InChI is InChI=1S/C24H25NO4/c1-14-4-6-15(7-5-14)18-13-23(27)25-19-10-17(11-20(26)24(18)19)16-8-9-21(28-2)22(12-16)29-3/h4-9,12,17-18H,10-11,13H2,1-3H3,(H,25,27)/t17-,18-/m1/s1. The summed E-state index contributed by atoms with van der Waals surface area (Å²) in [4.78, 5) is 25.6. The van der Waals surface area contributed by atoms with Crippen molar-refractivity contribution in [3.05, 3.63) is 70.4 Å². The highest BCUT2D eigenvalue weighted by molar-refractivity contribution is 6.02. The molecule has 4 rings (SSSR count). The van der Waals surface area contributed by atoms with Crippen molar-refractivity contribution in [1.82, 2.24) is 5.32 Å². The van der Waals surface area contributed by atoms with Crippen molar-refractivity contribution in [1.29, 1.82) is 0 Å². The molecule has 1 aliphatic heterocycles. The first-order valence-electron chi connectivity index (χ1n) is 9.84. The van der Waals surface area contributed by atoms with Gasteiger partial charge in [-0.15, -0.1) is 0 Å². The van der Waals surface area contributed by atoms with Crippen LogP contribution in [0, 0.1) is 6.92 Å². The van der Waals surface area contributed by atoms with Crippen molar-refractivity contribution >= 4 is 11.7 Å². The molecule has 2 aromatic carbocycles. The summed E-state index contributed by atoms with van der Waals surface area (Å²) in [7, 11) is 3.20. The van der Waals surface area contributed by atoms with Crippen LogP contribution in [-0.2, 0) is 9.59 Å². The summed E-state index contributed by atoms with van der Waals surface area (Å²) in [6.07, 6.45) is 1.37. The van der Waals surface area contributed by atoms with E-state index in [0.717, 1.165) is 28.0 Å². The van der Waals surface area contributed by atoms with E-state index in [0.29, 0.717) is 30.8 Å². The molecule has 0 radical (unpaired) electrons. The number of carbonyl (C=O) groups excluding carboxylic acids is 2. The number of nitrogens with one attached hydrogen (secondary N) is 1. The van der Waals surface area contributed by atoms with Gasteiger partial charge in [0.25, 0.3) is 0 Å². The fourth-order valence-corrected chi connectivity index (χ4v) is 4.39. The van der Waals surface area contributed by atoms with Crippen molar-refractivity contribution < 1.29 is 19.1 Å². The van der Waals surface area contributed by atoms with Crippen molar-refractivity contribution in [3.8, 4) is 11.5 Å². The van der Waals surface area contributed by atoms with E-state index in [1.807, 2.05) is 49.4 Å². The number of allylic oxidation sites excluding steroid dienone is 2. The molecule has 2 aliphatic rings. The first kappa shape index (κ1) is 19.2. The lowest BCUT2D eigenvalue weighted by Gasteiger charge is -2.34. The molecule has 29 heavy (non-hydrogen) atoms. The minimum Gasteiger partial charge on any atom is -0.493 e. The summed E-state index contributed by atoms with van der Waals surface area (Å²) < 4.78 is 10.7. The zero-order valence-corrected chi connectivity index (χ0v) is 17.0. The Balaban J connectivity index is 1.68. The van der Waals surface area contributed by atoms with Gasteiger partial charge >= 0.3 is 0 Å². The number of rotatable bonds is 4. The Hall–Kier alpha value is -3.08. The maximum Gasteiger partial charge on any atom is 0.225 e. The van der Waals surface area contributed by atoms with Crippen LogP contribution in [0.1, 0.15) is 47.8 Å². The van der Waals surface area contributed by atoms with Gasteiger partial charge in [0.05, 0.1) is 14.2 Å². The summed E-state index contributed by atoms with van der Waals surface area (Å²) in [5.41, 5.74) is 4.73. The second kappa shape index (κ2) is 7.74. The third-order valence-electron chi connectivity index (χ3n) is 5.89. The summed E-state index contributed by atoms with van der Waals surface area (Å²) >= 11 is 0. The number of amides is 1. The topological polar surface area (TPSA) is 64.6 Å². The number of ether oxygens (including phenoxy) is 2. The molecule has 1 heterocycles. The molecular formula is C24H25NO4. The van der Waals surface area contributed by atoms with Gasteiger partial charge in [-0.05, 0) is 42.5 Å². The molecule has 1 N–H and O–H groups in total. The van der Waals surface area contributed by atoms with Gasteiger partial charge in [-0.2, -0.15) is 0 Å². The van der Waals surface area contributed by atoms with Crippen LogP contribution in [0.3, 0.4) is 0 Å². The lowest BCUT2D eigenvalue weighted by atomic mass is 9.73. The molecule has 150 valence electrons. The second-order valence-electron chi connectivity index (χ2n) is 7.75. The lowest BCUT2D eigenvalue weighted by Crippen LogP contribution is -2.38. The fourth-order valence-electron chi connectivity index (χ4n) is 4.39. The number of benzene rings is 2. The molecule has 5 heteroatoms. The quantitative estimate of drug-likeness (QED) is 0.855. The van der Waals surface area contributed by atoms with Gasteiger partial charge < -0.3 is 14.8 Å². The second-order valence-corrected chi connectivity index (χ2v) is 7.75. The molecule has 1 amide bonds. The van der Waals surface area contributed by atoms with E-state index in [1.165, 1.54) is 0 Å². The molecule has 0 spiro atoms. The van der Waals surface area contributed by atoms with E-state index in [1.54, 1.807) is 14.2 Å². The Morgan fingerprint density at radius 1 is 0.862 bits per heavy atom. The molecule has 0 aromatic heterocycles. The maximum absolute atomic E-state index is 13.2. The summed E-state index contributed by atoms with van der Waals surface area (Å²) in [6.45, 7) is 2.03. The van der Waals surface area contributed by atoms with Gasteiger partial charge in [0.2, 0.25) is 5.91 Å². The van der Waals surface area contributed by atoms with Crippen LogP contribution >= 0.6 is 0 Å². The predicted molar refractivity (Wildman–Crippen MR) is 110 cm³/mol. The van der Waals surface area contributed by atoms with Crippen LogP contribution in [-0.4, -0.2) is 25.9 Å². The van der Waals surface area contributed by atoms with Crippen LogP contribution in [0.4, 0.5) is 0 Å². The van der Waals surface area contributed by atoms with E-state index >= 15 is 0 Å². The van der Waals surface area contributed by atoms with Crippen LogP contribution in [0.15, 0.2) is 53.7 Å².